The molecule has 3 aromatic rings. The zero-order valence-electron chi connectivity index (χ0n) is 25.1. The highest BCUT2D eigenvalue weighted by Crippen LogP contribution is 2.40. The van der Waals surface area contributed by atoms with E-state index in [2.05, 4.69) is 65.1 Å². The first-order chi connectivity index (χ1) is 19.8. The summed E-state index contributed by atoms with van der Waals surface area (Å²) in [6.07, 6.45) is 7.64. The highest BCUT2D eigenvalue weighted by Gasteiger charge is 2.42. The summed E-state index contributed by atoms with van der Waals surface area (Å²) in [5.74, 6) is 0.869. The molecular weight excluding hydrogens is 636 g/mol. The third-order valence-corrected chi connectivity index (χ3v) is 14.1. The highest BCUT2D eigenvalue weighted by molar-refractivity contribution is 9.10. The summed E-state index contributed by atoms with van der Waals surface area (Å²) in [5, 5.41) is 8.92. The molecule has 2 aliphatic heterocycles. The average molecular weight is 676 g/mol. The van der Waals surface area contributed by atoms with E-state index in [4.69, 9.17) is 31.5 Å². The van der Waals surface area contributed by atoms with Crippen LogP contribution in [0.15, 0.2) is 46.1 Å². The number of nitrogens with zero attached hydrogens (tertiary/aromatic N) is 4. The van der Waals surface area contributed by atoms with E-state index in [-0.39, 0.29) is 17.0 Å². The number of hydrogen-bond donors (Lipinski definition) is 2. The second-order valence-electron chi connectivity index (χ2n) is 12.8. The molecule has 42 heavy (non-hydrogen) atoms. The number of halogens is 2. The minimum atomic E-state index is -2.01. The molecule has 12 heteroatoms. The minimum Gasteiger partial charge on any atom is -0.543 e. The number of ether oxygens (including phenoxy) is 1. The van der Waals surface area contributed by atoms with Crippen molar-refractivity contribution in [3.05, 3.63) is 51.7 Å². The maximum Gasteiger partial charge on any atom is 0.319 e. The Hall–Kier alpha value is -2.60. The molecule has 0 spiro atoms. The third-order valence-electron chi connectivity index (χ3n) is 8.99. The van der Waals surface area contributed by atoms with Crippen LogP contribution in [-0.4, -0.2) is 66.4 Å². The molecule has 2 aromatic heterocycles. The van der Waals surface area contributed by atoms with Crippen molar-refractivity contribution in [2.24, 2.45) is 10.7 Å². The summed E-state index contributed by atoms with van der Waals surface area (Å²) in [7, 11) is -0.566. The predicted molar refractivity (Wildman–Crippen MR) is 175 cm³/mol. The SMILES string of the molecule is COC(=O)CN1C2CCC1CC(Nc1c(C(N)=Nc3ccc(O[Si](C)(C)C(C)(C)C)cc3Cl)cnn3cc(Br)cc13)C2. The van der Waals surface area contributed by atoms with E-state index in [0.29, 0.717) is 40.7 Å². The molecule has 0 aliphatic carbocycles. The quantitative estimate of drug-likeness (QED) is 0.118. The Morgan fingerprint density at radius 2 is 1.93 bits per heavy atom. The van der Waals surface area contributed by atoms with Crippen molar-refractivity contribution in [1.29, 1.82) is 0 Å². The maximum atomic E-state index is 12.0. The zero-order valence-corrected chi connectivity index (χ0v) is 28.4. The molecular formula is C30H40BrClN6O3Si. The van der Waals surface area contributed by atoms with Gasteiger partial charge < -0.3 is 20.2 Å². The molecule has 226 valence electrons. The number of fused-ring (bicyclic) bond motifs is 3. The number of methoxy groups -OCH3 is 1. The van der Waals surface area contributed by atoms with Gasteiger partial charge in [0.25, 0.3) is 0 Å². The topological polar surface area (TPSA) is 106 Å². The largest absolute Gasteiger partial charge is 0.543 e. The van der Waals surface area contributed by atoms with Crippen LogP contribution in [0.5, 0.6) is 5.75 Å². The van der Waals surface area contributed by atoms with Crippen LogP contribution in [0.2, 0.25) is 23.2 Å². The van der Waals surface area contributed by atoms with Gasteiger partial charge in [-0.3, -0.25) is 9.69 Å². The lowest BCUT2D eigenvalue weighted by Gasteiger charge is -2.39. The second-order valence-corrected chi connectivity index (χ2v) is 18.9. The Bertz CT molecular complexity index is 1510. The summed E-state index contributed by atoms with van der Waals surface area (Å²) in [4.78, 5) is 19.0. The van der Waals surface area contributed by atoms with Crippen LogP contribution in [0.4, 0.5) is 11.4 Å². The lowest BCUT2D eigenvalue weighted by atomic mass is 9.96. The molecule has 5 rings (SSSR count). The van der Waals surface area contributed by atoms with E-state index in [9.17, 15) is 4.79 Å². The molecule has 2 unspecified atom stereocenters. The van der Waals surface area contributed by atoms with Crippen LogP contribution >= 0.6 is 27.5 Å². The molecule has 4 heterocycles. The van der Waals surface area contributed by atoms with E-state index >= 15 is 0 Å². The average Bonchev–Trinajstić information content (AvgIpc) is 3.39. The number of benzene rings is 1. The van der Waals surface area contributed by atoms with E-state index in [1.165, 1.54) is 7.11 Å². The van der Waals surface area contributed by atoms with Gasteiger partial charge >= 0.3 is 5.97 Å². The third kappa shape index (κ3) is 6.34. The van der Waals surface area contributed by atoms with Crippen LogP contribution in [0.1, 0.15) is 52.0 Å². The number of nitrogens with one attached hydrogen (secondary N) is 1. The van der Waals surface area contributed by atoms with Gasteiger partial charge in [0.05, 0.1) is 47.3 Å². The number of piperidine rings is 1. The van der Waals surface area contributed by atoms with Gasteiger partial charge in [0, 0.05) is 28.8 Å². The summed E-state index contributed by atoms with van der Waals surface area (Å²) < 4.78 is 14.1. The Morgan fingerprint density at radius 1 is 1.24 bits per heavy atom. The number of carbonyl (C=O) groups excluding carboxylic acids is 1. The van der Waals surface area contributed by atoms with Crippen molar-refractivity contribution < 1.29 is 14.0 Å². The van der Waals surface area contributed by atoms with Crippen LogP contribution in [-0.2, 0) is 9.53 Å². The van der Waals surface area contributed by atoms with Crippen molar-refractivity contribution in [2.75, 3.05) is 19.0 Å². The van der Waals surface area contributed by atoms with Gasteiger partial charge in [0.15, 0.2) is 0 Å². The first kappa shape index (κ1) is 30.8. The fourth-order valence-electron chi connectivity index (χ4n) is 5.72. The van der Waals surface area contributed by atoms with Crippen LogP contribution < -0.4 is 15.5 Å². The number of aliphatic imine (C=N–C) groups is 1. The lowest BCUT2D eigenvalue weighted by molar-refractivity contribution is -0.143. The minimum absolute atomic E-state index is 0.0705. The number of anilines is 1. The number of rotatable bonds is 8. The van der Waals surface area contributed by atoms with Gasteiger partial charge in [-0.25, -0.2) is 9.51 Å². The van der Waals surface area contributed by atoms with Crippen LogP contribution in [0.25, 0.3) is 5.52 Å². The maximum absolute atomic E-state index is 12.0. The Balaban J connectivity index is 1.42. The van der Waals surface area contributed by atoms with Gasteiger partial charge in [0.2, 0.25) is 8.32 Å². The van der Waals surface area contributed by atoms with Gasteiger partial charge in [-0.05, 0) is 84.0 Å². The summed E-state index contributed by atoms with van der Waals surface area (Å²) >= 11 is 10.3. The van der Waals surface area contributed by atoms with Gasteiger partial charge in [-0.1, -0.05) is 32.4 Å². The summed E-state index contributed by atoms with van der Waals surface area (Å²) in [6.45, 7) is 11.4. The van der Waals surface area contributed by atoms with Gasteiger partial charge in [0.1, 0.15) is 11.6 Å². The Morgan fingerprint density at radius 3 is 2.55 bits per heavy atom. The molecule has 2 fully saturated rings. The number of nitrogens with two attached hydrogens (primary N) is 1. The van der Waals surface area contributed by atoms with Crippen molar-refractivity contribution >= 4 is 64.5 Å². The summed E-state index contributed by atoms with van der Waals surface area (Å²) in [6, 6.07) is 8.46. The first-order valence-electron chi connectivity index (χ1n) is 14.3. The van der Waals surface area contributed by atoms with E-state index in [1.54, 1.807) is 6.20 Å². The fourth-order valence-corrected chi connectivity index (χ4v) is 7.36. The lowest BCUT2D eigenvalue weighted by Crippen LogP contribution is -2.49. The number of carbonyl (C=O) groups is 1. The molecule has 3 N–H and O–H groups in total. The molecule has 1 aromatic carbocycles. The molecule has 2 bridgehead atoms. The zero-order chi connectivity index (χ0) is 30.4. The van der Waals surface area contributed by atoms with E-state index in [1.807, 2.05) is 35.0 Å². The Labute approximate surface area is 262 Å². The Kier molecular flexibility index (Phi) is 8.68. The van der Waals surface area contributed by atoms with Gasteiger partial charge in [-0.15, -0.1) is 0 Å². The number of aromatic nitrogens is 2. The molecule has 2 saturated heterocycles. The molecule has 2 atom stereocenters. The van der Waals surface area contributed by atoms with Crippen LogP contribution in [0.3, 0.4) is 0 Å². The summed E-state index contributed by atoms with van der Waals surface area (Å²) in [5.41, 5.74) is 9.70. The molecule has 0 radical (unpaired) electrons. The standard InChI is InChI=1S/C30H40BrClN6O3Si/c1-30(2,3)42(5,6)41-22-9-10-25(24(32)14-22)36-29(33)23-15-34-38-16-18(31)11-26(38)28(23)35-19-12-20-7-8-21(13-19)37(20)17-27(39)40-4/h9-11,14-16,19-21,35H,7-8,12-13,17H2,1-6H3,(H2,33,36). The second kappa shape index (κ2) is 11.8. The van der Waals surface area contributed by atoms with E-state index < -0.39 is 8.32 Å². The monoisotopic (exact) mass is 674 g/mol. The highest BCUT2D eigenvalue weighted by atomic mass is 79.9. The molecule has 0 saturated carbocycles. The van der Waals surface area contributed by atoms with Crippen molar-refractivity contribution in [2.45, 2.75) is 82.7 Å². The van der Waals surface area contributed by atoms with Crippen molar-refractivity contribution in [1.82, 2.24) is 14.5 Å². The van der Waals surface area contributed by atoms with Gasteiger partial charge in [-0.2, -0.15) is 5.10 Å². The first-order valence-corrected chi connectivity index (χ1v) is 18.4. The molecule has 9 nitrogen and oxygen atoms in total. The molecule has 0 amide bonds. The van der Waals surface area contributed by atoms with Crippen LogP contribution in [0, 0.1) is 0 Å². The van der Waals surface area contributed by atoms with Crippen molar-refractivity contribution in [3.8, 4) is 5.75 Å². The number of amidine groups is 1. The van der Waals surface area contributed by atoms with E-state index in [0.717, 1.165) is 47.1 Å². The normalized spacial score (nSPS) is 21.5. The molecule has 2 aliphatic rings. The van der Waals surface area contributed by atoms with Crippen molar-refractivity contribution in [3.63, 3.8) is 0 Å². The fraction of sp³-hybridized carbons (Fsp3) is 0.500. The number of hydrogen-bond acceptors (Lipinski definition) is 7. The number of esters is 1. The smallest absolute Gasteiger partial charge is 0.319 e. The predicted octanol–water partition coefficient (Wildman–Crippen LogP) is 6.75.